The molecule has 0 rings (SSSR count). The Balaban J connectivity index is 3.41. The smallest absolute Gasteiger partial charge is 0.305 e. The molecule has 0 fully saturated rings. The lowest BCUT2D eigenvalue weighted by Crippen LogP contribution is -2.45. The van der Waals surface area contributed by atoms with E-state index in [1.807, 2.05) is 6.08 Å². The predicted molar refractivity (Wildman–Crippen MR) is 296 cm³/mol. The number of unbranched alkanes of at least 4 members (excludes halogenated alkanes) is 41. The van der Waals surface area contributed by atoms with E-state index >= 15 is 0 Å². The molecule has 0 aliphatic rings. The Morgan fingerprint density at radius 3 is 1.04 bits per heavy atom. The highest BCUT2D eigenvalue weighted by atomic mass is 16.5. The highest BCUT2D eigenvalue weighted by Gasteiger charge is 2.18. The van der Waals surface area contributed by atoms with Crippen LogP contribution in [0.5, 0.6) is 0 Å². The van der Waals surface area contributed by atoms with Gasteiger partial charge in [0.25, 0.3) is 0 Å². The Bertz CT molecular complexity index is 1100. The Morgan fingerprint density at radius 2 is 0.691 bits per heavy atom. The van der Waals surface area contributed by atoms with Crippen LogP contribution >= 0.6 is 0 Å². The summed E-state index contributed by atoms with van der Waals surface area (Å²) in [6, 6.07) is -0.632. The summed E-state index contributed by atoms with van der Waals surface area (Å²) in [6.45, 7) is 4.89. The van der Waals surface area contributed by atoms with Crippen LogP contribution < -0.4 is 5.32 Å². The Morgan fingerprint density at radius 1 is 0.397 bits per heavy atom. The maximum absolute atomic E-state index is 12.4. The molecule has 0 aliphatic heterocycles. The topological polar surface area (TPSA) is 95.9 Å². The van der Waals surface area contributed by atoms with Crippen LogP contribution in [0.2, 0.25) is 0 Å². The summed E-state index contributed by atoms with van der Waals surface area (Å²) in [5.74, 6) is -0.0700. The third-order valence-electron chi connectivity index (χ3n) is 13.9. The molecule has 0 spiro atoms. The minimum atomic E-state index is -0.848. The third-order valence-corrected chi connectivity index (χ3v) is 13.9. The molecule has 0 saturated carbocycles. The highest BCUT2D eigenvalue weighted by molar-refractivity contribution is 5.76. The number of esters is 1. The van der Waals surface area contributed by atoms with Gasteiger partial charge in [-0.15, -0.1) is 0 Å². The maximum atomic E-state index is 12.4. The van der Waals surface area contributed by atoms with Crippen molar-refractivity contribution in [2.75, 3.05) is 13.2 Å². The van der Waals surface area contributed by atoms with Crippen molar-refractivity contribution in [1.82, 2.24) is 5.32 Å². The lowest BCUT2D eigenvalue weighted by Gasteiger charge is -2.20. The van der Waals surface area contributed by atoms with Crippen molar-refractivity contribution in [3.05, 3.63) is 36.5 Å². The fourth-order valence-electron chi connectivity index (χ4n) is 9.21. The molecular weight excluding hydrogens is 839 g/mol. The first-order chi connectivity index (χ1) is 33.5. The monoisotopic (exact) mass is 956 g/mol. The number of allylic oxidation sites excluding steroid dienone is 5. The Hall–Kier alpha value is -1.92. The number of carbonyl (C=O) groups is 2. The van der Waals surface area contributed by atoms with Crippen molar-refractivity contribution in [2.24, 2.45) is 0 Å². The quantitative estimate of drug-likeness (QED) is 0.0321. The van der Waals surface area contributed by atoms with Gasteiger partial charge < -0.3 is 20.3 Å². The first-order valence-electron chi connectivity index (χ1n) is 30.3. The van der Waals surface area contributed by atoms with E-state index in [0.717, 1.165) is 51.4 Å². The van der Waals surface area contributed by atoms with E-state index in [1.165, 1.54) is 244 Å². The van der Waals surface area contributed by atoms with E-state index < -0.39 is 12.1 Å². The molecule has 0 radical (unpaired) electrons. The summed E-state index contributed by atoms with van der Waals surface area (Å²) >= 11 is 0. The molecule has 68 heavy (non-hydrogen) atoms. The largest absolute Gasteiger partial charge is 0.466 e. The number of hydrogen-bond acceptors (Lipinski definition) is 5. The summed E-state index contributed by atoms with van der Waals surface area (Å²) in [6.07, 6.45) is 71.8. The lowest BCUT2D eigenvalue weighted by molar-refractivity contribution is -0.143. The van der Waals surface area contributed by atoms with Gasteiger partial charge in [-0.25, -0.2) is 0 Å². The second kappa shape index (κ2) is 57.7. The van der Waals surface area contributed by atoms with Gasteiger partial charge in [-0.3, -0.25) is 9.59 Å². The fraction of sp³-hybridized carbons (Fsp3) is 0.871. The average molecular weight is 957 g/mol. The number of nitrogens with one attached hydrogen (secondary N) is 1. The van der Waals surface area contributed by atoms with Crippen LogP contribution in [0.3, 0.4) is 0 Å². The number of rotatable bonds is 56. The fourth-order valence-corrected chi connectivity index (χ4v) is 9.21. The van der Waals surface area contributed by atoms with Gasteiger partial charge in [-0.2, -0.15) is 0 Å². The summed E-state index contributed by atoms with van der Waals surface area (Å²) in [7, 11) is 0. The third kappa shape index (κ3) is 53.4. The van der Waals surface area contributed by atoms with Gasteiger partial charge in [0.15, 0.2) is 0 Å². The van der Waals surface area contributed by atoms with Crippen LogP contribution in [0.15, 0.2) is 36.5 Å². The lowest BCUT2D eigenvalue weighted by atomic mass is 10.0. The summed E-state index contributed by atoms with van der Waals surface area (Å²) in [5.41, 5.74) is 0. The van der Waals surface area contributed by atoms with Crippen LogP contribution in [0, 0.1) is 0 Å². The van der Waals surface area contributed by atoms with Gasteiger partial charge in [0.05, 0.1) is 25.4 Å². The van der Waals surface area contributed by atoms with E-state index in [1.54, 1.807) is 6.08 Å². The summed E-state index contributed by atoms with van der Waals surface area (Å²) in [5, 5.41) is 23.0. The molecule has 2 unspecified atom stereocenters. The Kier molecular flexibility index (Phi) is 56.0. The zero-order valence-electron chi connectivity index (χ0n) is 45.6. The summed E-state index contributed by atoms with van der Waals surface area (Å²) in [4.78, 5) is 24.5. The molecule has 400 valence electrons. The van der Waals surface area contributed by atoms with Gasteiger partial charge in [0, 0.05) is 12.8 Å². The number of carbonyl (C=O) groups excluding carboxylic acids is 2. The molecule has 0 aromatic carbocycles. The molecule has 0 heterocycles. The number of hydrogen-bond donors (Lipinski definition) is 3. The van der Waals surface area contributed by atoms with Gasteiger partial charge in [0.2, 0.25) is 5.91 Å². The molecule has 2 atom stereocenters. The SMILES string of the molecule is CCCCCCCC/C=C\CCCCCCCCCCCC(=O)OCCCCCCCCCCCC/C=C\CCCCCCCCCC(=O)NC(CO)C(O)/C=C/CCCCCCCCCCC. The van der Waals surface area contributed by atoms with Crippen molar-refractivity contribution in [2.45, 2.75) is 334 Å². The number of amides is 1. The zero-order chi connectivity index (χ0) is 49.3. The van der Waals surface area contributed by atoms with Crippen molar-refractivity contribution in [3.8, 4) is 0 Å². The van der Waals surface area contributed by atoms with Gasteiger partial charge in [0.1, 0.15) is 0 Å². The van der Waals surface area contributed by atoms with Crippen molar-refractivity contribution in [1.29, 1.82) is 0 Å². The molecule has 0 aromatic heterocycles. The molecular formula is C62H117NO5. The molecule has 6 nitrogen and oxygen atoms in total. The normalized spacial score (nSPS) is 12.8. The molecule has 0 bridgehead atoms. The van der Waals surface area contributed by atoms with Crippen molar-refractivity contribution < 1.29 is 24.5 Å². The van der Waals surface area contributed by atoms with Crippen LogP contribution in [0.25, 0.3) is 0 Å². The van der Waals surface area contributed by atoms with E-state index in [9.17, 15) is 19.8 Å². The van der Waals surface area contributed by atoms with Crippen molar-refractivity contribution >= 4 is 11.9 Å². The van der Waals surface area contributed by atoms with Crippen LogP contribution in [0.1, 0.15) is 322 Å². The number of aliphatic hydroxyl groups is 2. The molecule has 0 saturated heterocycles. The summed E-state index contributed by atoms with van der Waals surface area (Å²) < 4.78 is 5.49. The van der Waals surface area contributed by atoms with E-state index in [2.05, 4.69) is 43.5 Å². The Labute approximate surface area is 424 Å². The molecule has 1 amide bonds. The van der Waals surface area contributed by atoms with Gasteiger partial charge in [-0.05, 0) is 83.5 Å². The van der Waals surface area contributed by atoms with Crippen LogP contribution in [-0.2, 0) is 14.3 Å². The second-order valence-corrected chi connectivity index (χ2v) is 20.7. The first-order valence-corrected chi connectivity index (χ1v) is 30.3. The van der Waals surface area contributed by atoms with Crippen LogP contribution in [0.4, 0.5) is 0 Å². The van der Waals surface area contributed by atoms with Crippen LogP contribution in [-0.4, -0.2) is 47.4 Å². The maximum Gasteiger partial charge on any atom is 0.305 e. The average Bonchev–Trinajstić information content (AvgIpc) is 3.34. The van der Waals surface area contributed by atoms with E-state index in [4.69, 9.17) is 4.74 Å². The van der Waals surface area contributed by atoms with Gasteiger partial charge in [-0.1, -0.05) is 262 Å². The number of aliphatic hydroxyl groups excluding tert-OH is 2. The minimum absolute atomic E-state index is 0.00695. The first kappa shape index (κ1) is 66.1. The molecule has 0 aliphatic carbocycles. The zero-order valence-corrected chi connectivity index (χ0v) is 45.6. The standard InChI is InChI=1S/C62H117NO5/c1-3-5-7-9-11-13-15-16-17-18-22-26-29-32-36-40-44-48-52-56-62(67)68-57-53-49-45-41-37-33-30-27-24-21-19-20-23-25-28-31-35-39-43-47-51-55-61(66)63-59(58-64)60(65)54-50-46-42-38-34-14-12-10-8-6-4-2/h16-17,20,23,50,54,59-60,64-65H,3-15,18-19,21-22,24-49,51-53,55-58H2,1-2H3,(H,63,66)/b17-16-,23-20-,54-50+. The van der Waals surface area contributed by atoms with E-state index in [0.29, 0.717) is 19.4 Å². The highest BCUT2D eigenvalue weighted by Crippen LogP contribution is 2.16. The molecule has 6 heteroatoms. The van der Waals surface area contributed by atoms with E-state index in [-0.39, 0.29) is 18.5 Å². The number of ether oxygens (including phenoxy) is 1. The minimum Gasteiger partial charge on any atom is -0.466 e. The van der Waals surface area contributed by atoms with Crippen molar-refractivity contribution in [3.63, 3.8) is 0 Å². The molecule has 3 N–H and O–H groups in total. The predicted octanol–water partition coefficient (Wildman–Crippen LogP) is 18.8. The van der Waals surface area contributed by atoms with Gasteiger partial charge >= 0.3 is 5.97 Å². The second-order valence-electron chi connectivity index (χ2n) is 20.7. The molecule has 0 aromatic rings.